The van der Waals surface area contributed by atoms with Crippen LogP contribution in [0.25, 0.3) is 11.0 Å². The van der Waals surface area contributed by atoms with Crippen LogP contribution in [0.3, 0.4) is 0 Å². The zero-order chi connectivity index (χ0) is 31.8. The molecule has 0 amide bonds. The Morgan fingerprint density at radius 3 is 2.70 bits per heavy atom. The van der Waals surface area contributed by atoms with Gasteiger partial charge in [0.1, 0.15) is 23.6 Å². The first-order chi connectivity index (χ1) is 22.3. The molecule has 11 heteroatoms. The number of aromatic nitrogens is 3. The van der Waals surface area contributed by atoms with E-state index in [1.54, 1.807) is 31.5 Å². The fourth-order valence-electron chi connectivity index (χ4n) is 6.47. The van der Waals surface area contributed by atoms with Gasteiger partial charge in [-0.25, -0.2) is 9.78 Å². The van der Waals surface area contributed by atoms with E-state index in [1.807, 2.05) is 25.1 Å². The summed E-state index contributed by atoms with van der Waals surface area (Å²) in [5.74, 6) is 6.69. The summed E-state index contributed by atoms with van der Waals surface area (Å²) in [4.78, 5) is 23.9. The van der Waals surface area contributed by atoms with E-state index in [0.29, 0.717) is 40.8 Å². The number of hydrogen-bond acceptors (Lipinski definition) is 8. The van der Waals surface area contributed by atoms with Crippen molar-refractivity contribution >= 4 is 28.6 Å². The van der Waals surface area contributed by atoms with E-state index in [-0.39, 0.29) is 18.3 Å². The summed E-state index contributed by atoms with van der Waals surface area (Å²) in [5, 5.41) is 10.4. The molecule has 0 spiro atoms. The van der Waals surface area contributed by atoms with Crippen molar-refractivity contribution in [2.45, 2.75) is 57.1 Å². The van der Waals surface area contributed by atoms with Gasteiger partial charge in [-0.05, 0) is 68.6 Å². The van der Waals surface area contributed by atoms with E-state index in [2.05, 4.69) is 32.4 Å². The predicted molar refractivity (Wildman–Crippen MR) is 171 cm³/mol. The Bertz CT molecular complexity index is 1840. The van der Waals surface area contributed by atoms with Crippen molar-refractivity contribution in [2.24, 2.45) is 0 Å². The Balaban J connectivity index is 1.11. The van der Waals surface area contributed by atoms with Crippen LogP contribution in [0.4, 0.5) is 0 Å². The number of fused-ring (bicyclic) bond motifs is 2. The van der Waals surface area contributed by atoms with E-state index >= 15 is 0 Å². The van der Waals surface area contributed by atoms with Gasteiger partial charge in [-0.2, -0.15) is 0 Å². The maximum Gasteiger partial charge on any atom is 0.335 e. The minimum absolute atomic E-state index is 0.0783. The first-order valence-corrected chi connectivity index (χ1v) is 15.9. The smallest absolute Gasteiger partial charge is 0.335 e. The normalized spacial score (nSPS) is 21.2. The number of carbonyl (C=O) groups is 1. The van der Waals surface area contributed by atoms with Crippen molar-refractivity contribution < 1.29 is 28.8 Å². The Labute approximate surface area is 272 Å². The molecule has 1 unspecified atom stereocenters. The highest BCUT2D eigenvalue weighted by Gasteiger charge is 2.42. The van der Waals surface area contributed by atoms with Gasteiger partial charge in [-0.1, -0.05) is 35.6 Å². The lowest BCUT2D eigenvalue weighted by atomic mass is 9.88. The molecule has 2 saturated heterocycles. The number of para-hydroxylation sites is 1. The topological polar surface area (TPSA) is 108 Å². The minimum Gasteiger partial charge on any atom is -0.478 e. The summed E-state index contributed by atoms with van der Waals surface area (Å²) in [6, 6.07) is 13.0. The molecule has 3 aliphatic rings. The second-order valence-corrected chi connectivity index (χ2v) is 12.5. The van der Waals surface area contributed by atoms with Gasteiger partial charge in [-0.15, -0.1) is 0 Å². The molecule has 238 valence electrons. The third-order valence-electron chi connectivity index (χ3n) is 9.00. The van der Waals surface area contributed by atoms with Crippen LogP contribution in [0.1, 0.15) is 65.1 Å². The van der Waals surface area contributed by atoms with Crippen molar-refractivity contribution in [2.75, 3.05) is 33.4 Å². The molecule has 2 fully saturated rings. The number of carboxylic acids is 1. The summed E-state index contributed by atoms with van der Waals surface area (Å²) >= 11 is 6.06. The van der Waals surface area contributed by atoms with Gasteiger partial charge in [0.2, 0.25) is 0 Å². The average Bonchev–Trinajstić information content (AvgIpc) is 3.56. The second kappa shape index (κ2) is 12.6. The van der Waals surface area contributed by atoms with Gasteiger partial charge >= 0.3 is 5.97 Å². The van der Waals surface area contributed by atoms with Gasteiger partial charge in [-0.3, -0.25) is 9.88 Å². The highest BCUT2D eigenvalue weighted by Crippen LogP contribution is 2.49. The number of hydrogen-bond donors (Lipinski definition) is 1. The van der Waals surface area contributed by atoms with Crippen LogP contribution in [-0.2, 0) is 28.4 Å². The fourth-order valence-corrected chi connectivity index (χ4v) is 6.58. The summed E-state index contributed by atoms with van der Waals surface area (Å²) < 4.78 is 25.8. The maximum atomic E-state index is 12.0. The number of likely N-dealkylation sites (tertiary alicyclic amines) is 1. The summed E-state index contributed by atoms with van der Waals surface area (Å²) in [7, 11) is 1.58. The number of carboxylic acid groups (broad SMARTS) is 1. The number of aromatic carboxylic acids is 1. The second-order valence-electron chi connectivity index (χ2n) is 12.1. The van der Waals surface area contributed by atoms with Crippen LogP contribution in [0.5, 0.6) is 11.5 Å². The molecular formula is C35H35ClN4O6. The molecule has 0 radical (unpaired) electrons. The Hall–Kier alpha value is -4.14. The SMILES string of the molecule is COCC#Cc1cc(C(=O)O)cc2c1nc(CN1CCC(c3cccc4c3OC(C)(c3ccc(Cl)cn3)O4)CC1)n2C[C@@H]1CCO1. The van der Waals surface area contributed by atoms with Crippen LogP contribution >= 0.6 is 11.6 Å². The van der Waals surface area contributed by atoms with E-state index in [4.69, 9.17) is 35.5 Å². The van der Waals surface area contributed by atoms with Gasteiger partial charge < -0.3 is 28.6 Å². The molecule has 1 N–H and O–H groups in total. The minimum atomic E-state index is -1.03. The molecule has 0 bridgehead atoms. The van der Waals surface area contributed by atoms with Crippen LogP contribution < -0.4 is 9.47 Å². The Morgan fingerprint density at radius 2 is 2.00 bits per heavy atom. The van der Waals surface area contributed by atoms with Crippen molar-refractivity contribution in [3.63, 3.8) is 0 Å². The summed E-state index contributed by atoms with van der Waals surface area (Å²) in [5.41, 5.74) is 4.03. The van der Waals surface area contributed by atoms with Crippen molar-refractivity contribution in [1.29, 1.82) is 0 Å². The Morgan fingerprint density at radius 1 is 1.17 bits per heavy atom. The van der Waals surface area contributed by atoms with E-state index in [9.17, 15) is 9.90 Å². The molecule has 2 atom stereocenters. The van der Waals surface area contributed by atoms with Gasteiger partial charge in [0.15, 0.2) is 11.5 Å². The lowest BCUT2D eigenvalue weighted by Crippen LogP contribution is -2.35. The molecule has 46 heavy (non-hydrogen) atoms. The Kier molecular flexibility index (Phi) is 8.34. The van der Waals surface area contributed by atoms with E-state index < -0.39 is 11.8 Å². The van der Waals surface area contributed by atoms with Crippen LogP contribution in [0, 0.1) is 11.8 Å². The van der Waals surface area contributed by atoms with Crippen molar-refractivity contribution in [3.05, 3.63) is 81.9 Å². The molecule has 4 aromatic rings. The summed E-state index contributed by atoms with van der Waals surface area (Å²) in [6.45, 7) is 5.85. The number of pyridine rings is 1. The number of piperidine rings is 1. The molecule has 5 heterocycles. The monoisotopic (exact) mass is 642 g/mol. The largest absolute Gasteiger partial charge is 0.478 e. The number of ether oxygens (including phenoxy) is 4. The lowest BCUT2D eigenvalue weighted by Gasteiger charge is -2.33. The number of nitrogens with zero attached hydrogens (tertiary/aromatic N) is 4. The quantitative estimate of drug-likeness (QED) is 0.246. The van der Waals surface area contributed by atoms with E-state index in [0.717, 1.165) is 67.4 Å². The molecule has 0 saturated carbocycles. The standard InChI is InChI=1S/C35H35ClN4O6/c1-35(30-9-8-25(36)19-37-30)45-29-7-3-6-27(33(29)46-35)22-10-13-39(14-11-22)21-31-38-32-23(5-4-15-43-2)17-24(34(41)42)18-28(32)40(31)20-26-12-16-44-26/h3,6-9,17-19,22,26H,10-16,20-21H2,1-2H3,(H,41,42)/t26-,35?/m0/s1. The highest BCUT2D eigenvalue weighted by atomic mass is 35.5. The van der Waals surface area contributed by atoms with Gasteiger partial charge in [0, 0.05) is 32.4 Å². The highest BCUT2D eigenvalue weighted by molar-refractivity contribution is 6.30. The molecule has 7 rings (SSSR count). The van der Waals surface area contributed by atoms with Crippen LogP contribution in [-0.4, -0.2) is 70.0 Å². The average molecular weight is 643 g/mol. The third-order valence-corrected chi connectivity index (χ3v) is 9.22. The molecular weight excluding hydrogens is 608 g/mol. The predicted octanol–water partition coefficient (Wildman–Crippen LogP) is 5.59. The maximum absolute atomic E-state index is 12.0. The number of halogens is 1. The van der Waals surface area contributed by atoms with E-state index in [1.165, 1.54) is 0 Å². The van der Waals surface area contributed by atoms with Crippen molar-refractivity contribution in [3.8, 4) is 23.3 Å². The number of imidazole rings is 1. The number of benzene rings is 2. The molecule has 10 nitrogen and oxygen atoms in total. The first-order valence-electron chi connectivity index (χ1n) is 15.5. The van der Waals surface area contributed by atoms with Crippen LogP contribution in [0.15, 0.2) is 48.7 Å². The molecule has 2 aromatic carbocycles. The number of methoxy groups -OCH3 is 1. The first kappa shape index (κ1) is 30.5. The molecule has 2 aromatic heterocycles. The zero-order valence-electron chi connectivity index (χ0n) is 25.8. The zero-order valence-corrected chi connectivity index (χ0v) is 26.5. The lowest BCUT2D eigenvalue weighted by molar-refractivity contribution is -0.0722. The molecule has 3 aliphatic heterocycles. The van der Waals surface area contributed by atoms with Crippen LogP contribution in [0.2, 0.25) is 5.02 Å². The summed E-state index contributed by atoms with van der Waals surface area (Å²) in [6.07, 6.45) is 4.53. The number of rotatable bonds is 8. The van der Waals surface area contributed by atoms with Gasteiger partial charge in [0.05, 0.1) is 40.9 Å². The van der Waals surface area contributed by atoms with Crippen molar-refractivity contribution in [1.82, 2.24) is 19.4 Å². The fraction of sp³-hybridized carbons (Fsp3) is 0.400. The van der Waals surface area contributed by atoms with Gasteiger partial charge in [0.25, 0.3) is 5.79 Å². The molecule has 0 aliphatic carbocycles. The third kappa shape index (κ3) is 5.92.